The van der Waals surface area contributed by atoms with Gasteiger partial charge in [-0.1, -0.05) is 218 Å². The molecule has 0 aromatic heterocycles. The number of benzene rings is 12. The van der Waals surface area contributed by atoms with Gasteiger partial charge in [-0.15, -0.1) is 0 Å². The topological polar surface area (TPSA) is 12.5 Å². The maximum atomic E-state index is 6.77. The lowest BCUT2D eigenvalue weighted by Gasteiger charge is -2.40. The largest absolute Gasteiger partial charge is 0.457 e. The minimum Gasteiger partial charge on any atom is -0.457 e. The summed E-state index contributed by atoms with van der Waals surface area (Å²) in [6.45, 7) is 0. The summed E-state index contributed by atoms with van der Waals surface area (Å²) in [5.41, 5.74) is 22.0. The molecule has 1 unspecified atom stereocenters. The standard InChI is InChI=1S/C72H45NOS/c1-2-16-46(17-3-1)47-30-32-48(33-31-47)49-34-36-52(37-35-49)73(53-38-40-57-55-20-6-8-22-59(55)71(64(57)44-53)61-24-10-13-27-67(61)74-68-28-14-11-25-62(68)71)54-39-41-58-56-21-7-9-23-60(56)72(65(58)45-54)63-26-12-15-29-69(63)75-70-43-51-19-5-4-18-50(51)42-66(70)72/h1-45H. The number of rotatable bonds is 5. The van der Waals surface area contributed by atoms with Gasteiger partial charge in [0.2, 0.25) is 0 Å². The van der Waals surface area contributed by atoms with Crippen molar-refractivity contribution in [3.8, 4) is 56.0 Å². The van der Waals surface area contributed by atoms with E-state index in [0.717, 1.165) is 39.7 Å². The molecule has 2 nitrogen and oxygen atoms in total. The van der Waals surface area contributed by atoms with Gasteiger partial charge in [-0.2, -0.15) is 0 Å². The predicted molar refractivity (Wildman–Crippen MR) is 308 cm³/mol. The van der Waals surface area contributed by atoms with Crippen molar-refractivity contribution >= 4 is 39.6 Å². The highest BCUT2D eigenvalue weighted by molar-refractivity contribution is 7.99. The maximum Gasteiger partial charge on any atom is 0.132 e. The van der Waals surface area contributed by atoms with Crippen LogP contribution in [0.3, 0.4) is 0 Å². The third-order valence-corrected chi connectivity index (χ3v) is 17.7. The summed E-state index contributed by atoms with van der Waals surface area (Å²) in [7, 11) is 0. The van der Waals surface area contributed by atoms with Crippen molar-refractivity contribution < 1.29 is 4.74 Å². The number of fused-ring (bicyclic) bond motifs is 19. The molecule has 0 bridgehead atoms. The molecule has 350 valence electrons. The third-order valence-electron chi connectivity index (χ3n) is 16.6. The van der Waals surface area contributed by atoms with Crippen molar-refractivity contribution in [2.75, 3.05) is 4.90 Å². The lowest BCUT2D eigenvalue weighted by atomic mass is 9.66. The molecule has 2 aliphatic carbocycles. The summed E-state index contributed by atoms with van der Waals surface area (Å²) >= 11 is 1.90. The Balaban J connectivity index is 0.938. The van der Waals surface area contributed by atoms with Crippen molar-refractivity contribution in [3.05, 3.63) is 317 Å². The molecule has 2 aliphatic heterocycles. The predicted octanol–water partition coefficient (Wildman–Crippen LogP) is 18.9. The quantitative estimate of drug-likeness (QED) is 0.171. The van der Waals surface area contributed by atoms with Crippen LogP contribution in [0.1, 0.15) is 44.5 Å². The molecule has 2 spiro atoms. The van der Waals surface area contributed by atoms with Crippen molar-refractivity contribution in [1.82, 2.24) is 0 Å². The summed E-state index contributed by atoms with van der Waals surface area (Å²) in [4.78, 5) is 5.08. The molecule has 0 N–H and O–H groups in total. The van der Waals surface area contributed by atoms with Crippen molar-refractivity contribution in [1.29, 1.82) is 0 Å². The summed E-state index contributed by atoms with van der Waals surface area (Å²) in [6.07, 6.45) is 0. The van der Waals surface area contributed by atoms with Crippen LogP contribution in [0, 0.1) is 0 Å². The highest BCUT2D eigenvalue weighted by Crippen LogP contribution is 2.65. The Morgan fingerprint density at radius 1 is 0.267 bits per heavy atom. The van der Waals surface area contributed by atoms with Gasteiger partial charge in [0.05, 0.1) is 10.8 Å². The third kappa shape index (κ3) is 5.99. The van der Waals surface area contributed by atoms with Gasteiger partial charge in [-0.3, -0.25) is 0 Å². The smallest absolute Gasteiger partial charge is 0.132 e. The second kappa shape index (κ2) is 16.2. The van der Waals surface area contributed by atoms with Crippen LogP contribution in [0.4, 0.5) is 17.1 Å². The first-order valence-electron chi connectivity index (χ1n) is 25.9. The first-order valence-corrected chi connectivity index (χ1v) is 26.7. The minimum absolute atomic E-state index is 0.566. The number of ether oxygens (including phenoxy) is 1. The SMILES string of the molecule is c1ccc(-c2ccc(-c3ccc(N(c4ccc5c(c4)C4(c6ccccc6Oc6ccccc64)c4ccccc4-5)c4ccc5c(c4)C4(c6ccccc6Sc6cc7ccccc7cc64)c4ccccc4-5)cc3)cc2)cc1. The monoisotopic (exact) mass is 971 g/mol. The van der Waals surface area contributed by atoms with E-state index in [1.165, 1.54) is 98.5 Å². The summed E-state index contributed by atoms with van der Waals surface area (Å²) in [5, 5.41) is 2.50. The Bertz CT molecular complexity index is 4260. The van der Waals surface area contributed by atoms with Gasteiger partial charge in [0.25, 0.3) is 0 Å². The fourth-order valence-electron chi connectivity index (χ4n) is 13.4. The highest BCUT2D eigenvalue weighted by atomic mass is 32.2. The molecule has 0 saturated carbocycles. The molecule has 75 heavy (non-hydrogen) atoms. The highest BCUT2D eigenvalue weighted by Gasteiger charge is 2.53. The van der Waals surface area contributed by atoms with E-state index in [1.807, 2.05) is 11.8 Å². The van der Waals surface area contributed by atoms with Gasteiger partial charge in [0.15, 0.2) is 0 Å². The molecule has 3 heteroatoms. The Morgan fingerprint density at radius 2 is 0.680 bits per heavy atom. The first-order chi connectivity index (χ1) is 37.2. The van der Waals surface area contributed by atoms with E-state index in [1.54, 1.807) is 0 Å². The van der Waals surface area contributed by atoms with Crippen LogP contribution >= 0.6 is 11.8 Å². The normalized spacial score (nSPS) is 15.4. The Labute approximate surface area is 440 Å². The number of nitrogens with zero attached hydrogens (tertiary/aromatic N) is 1. The molecule has 2 heterocycles. The van der Waals surface area contributed by atoms with Crippen molar-refractivity contribution in [2.24, 2.45) is 0 Å². The van der Waals surface area contributed by atoms with Gasteiger partial charge in [0, 0.05) is 38.0 Å². The molecular formula is C72H45NOS. The Morgan fingerprint density at radius 3 is 1.27 bits per heavy atom. The lowest BCUT2D eigenvalue weighted by Crippen LogP contribution is -2.32. The number of hydrogen-bond donors (Lipinski definition) is 0. The van der Waals surface area contributed by atoms with Crippen LogP contribution in [-0.2, 0) is 10.8 Å². The number of anilines is 3. The first kappa shape index (κ1) is 42.4. The summed E-state index contributed by atoms with van der Waals surface area (Å²) < 4.78 is 6.77. The Kier molecular flexibility index (Phi) is 9.14. The zero-order valence-corrected chi connectivity index (χ0v) is 41.6. The van der Waals surface area contributed by atoms with Crippen LogP contribution in [0.25, 0.3) is 55.3 Å². The fourth-order valence-corrected chi connectivity index (χ4v) is 14.7. The second-order valence-corrected chi connectivity index (χ2v) is 21.3. The molecule has 4 aliphatic rings. The molecule has 12 aromatic rings. The molecule has 0 saturated heterocycles. The molecule has 0 radical (unpaired) electrons. The number of para-hydroxylation sites is 2. The lowest BCUT2D eigenvalue weighted by molar-refractivity contribution is 0.436. The van der Waals surface area contributed by atoms with Crippen molar-refractivity contribution in [3.63, 3.8) is 0 Å². The van der Waals surface area contributed by atoms with Crippen LogP contribution < -0.4 is 9.64 Å². The van der Waals surface area contributed by atoms with Crippen molar-refractivity contribution in [2.45, 2.75) is 20.6 Å². The zero-order valence-electron chi connectivity index (χ0n) is 40.7. The van der Waals surface area contributed by atoms with E-state index < -0.39 is 10.8 Å². The van der Waals surface area contributed by atoms with E-state index in [9.17, 15) is 0 Å². The average Bonchev–Trinajstić information content (AvgIpc) is 3.93. The Hall–Kier alpha value is -9.15. The molecule has 16 rings (SSSR count). The van der Waals surface area contributed by atoms with Crippen LogP contribution in [0.5, 0.6) is 11.5 Å². The second-order valence-electron chi connectivity index (χ2n) is 20.3. The van der Waals surface area contributed by atoms with Crippen LogP contribution in [0.2, 0.25) is 0 Å². The van der Waals surface area contributed by atoms with Gasteiger partial charge in [-0.25, -0.2) is 0 Å². The summed E-state index contributed by atoms with van der Waals surface area (Å²) in [6, 6.07) is 102. The molecule has 0 fully saturated rings. The van der Waals surface area contributed by atoms with E-state index in [0.29, 0.717) is 0 Å². The van der Waals surface area contributed by atoms with Gasteiger partial charge in [-0.05, 0) is 155 Å². The average molecular weight is 972 g/mol. The van der Waals surface area contributed by atoms with Gasteiger partial charge >= 0.3 is 0 Å². The van der Waals surface area contributed by atoms with E-state index >= 15 is 0 Å². The van der Waals surface area contributed by atoms with E-state index in [2.05, 4.69) is 278 Å². The zero-order chi connectivity index (χ0) is 49.2. The molecule has 1 atom stereocenters. The fraction of sp³-hybridized carbons (Fsp3) is 0.0278. The van der Waals surface area contributed by atoms with Gasteiger partial charge in [0.1, 0.15) is 11.5 Å². The maximum absolute atomic E-state index is 6.77. The van der Waals surface area contributed by atoms with E-state index in [-0.39, 0.29) is 0 Å². The van der Waals surface area contributed by atoms with Crippen LogP contribution in [0.15, 0.2) is 283 Å². The molecular weight excluding hydrogens is 927 g/mol. The molecule has 12 aromatic carbocycles. The molecule has 0 amide bonds. The van der Waals surface area contributed by atoms with E-state index in [4.69, 9.17) is 4.74 Å². The minimum atomic E-state index is -0.617. The van der Waals surface area contributed by atoms with Crippen LogP contribution in [-0.4, -0.2) is 0 Å². The number of hydrogen-bond acceptors (Lipinski definition) is 3. The van der Waals surface area contributed by atoms with Gasteiger partial charge < -0.3 is 9.64 Å². The summed E-state index contributed by atoms with van der Waals surface area (Å²) in [5.74, 6) is 1.77.